The zero-order valence-corrected chi connectivity index (χ0v) is 17.8. The van der Waals surface area contributed by atoms with E-state index in [1.807, 2.05) is 4.90 Å². The fourth-order valence-corrected chi connectivity index (χ4v) is 4.05. The smallest absolute Gasteiger partial charge is 0.223 e. The van der Waals surface area contributed by atoms with E-state index in [9.17, 15) is 4.79 Å². The van der Waals surface area contributed by atoms with Crippen molar-refractivity contribution in [2.75, 3.05) is 80.5 Å². The molecule has 1 amide bonds. The summed E-state index contributed by atoms with van der Waals surface area (Å²) in [7, 11) is 8.67. The molecule has 2 fully saturated rings. The summed E-state index contributed by atoms with van der Waals surface area (Å²) in [6, 6.07) is 1.38. The van der Waals surface area contributed by atoms with Crippen molar-refractivity contribution in [1.82, 2.24) is 24.5 Å². The number of carbonyl (C=O) groups excluding carboxylic acids is 1. The molecule has 1 atom stereocenters. The SMILES string of the molecule is CC(CCN(C)CCC(=O)N1CCN(C)CC1)N1CCC(N(C)C)CC1. The minimum atomic E-state index is 0.323. The number of piperazine rings is 1. The van der Waals surface area contributed by atoms with Gasteiger partial charge in [0.2, 0.25) is 5.91 Å². The van der Waals surface area contributed by atoms with Crippen LogP contribution in [0.4, 0.5) is 0 Å². The zero-order chi connectivity index (χ0) is 19.1. The quantitative estimate of drug-likeness (QED) is 0.636. The monoisotopic (exact) mass is 367 g/mol. The molecule has 0 radical (unpaired) electrons. The van der Waals surface area contributed by atoms with Crippen LogP contribution in [-0.2, 0) is 4.79 Å². The fourth-order valence-electron chi connectivity index (χ4n) is 4.05. The molecular formula is C20H41N5O. The van der Waals surface area contributed by atoms with Crippen molar-refractivity contribution in [1.29, 1.82) is 0 Å². The summed E-state index contributed by atoms with van der Waals surface area (Å²) in [5.74, 6) is 0.323. The van der Waals surface area contributed by atoms with Gasteiger partial charge in [0.15, 0.2) is 0 Å². The molecule has 0 spiro atoms. The molecule has 1 unspecified atom stereocenters. The summed E-state index contributed by atoms with van der Waals surface area (Å²) in [6.45, 7) is 10.5. The van der Waals surface area contributed by atoms with Gasteiger partial charge in [-0.25, -0.2) is 0 Å². The summed E-state index contributed by atoms with van der Waals surface area (Å²) < 4.78 is 0. The number of hydrogen-bond acceptors (Lipinski definition) is 5. The highest BCUT2D eigenvalue weighted by Gasteiger charge is 2.24. The molecule has 0 bridgehead atoms. The summed E-state index contributed by atoms with van der Waals surface area (Å²) in [6.07, 6.45) is 4.41. The topological polar surface area (TPSA) is 33.3 Å². The van der Waals surface area contributed by atoms with Gasteiger partial charge in [-0.1, -0.05) is 0 Å². The number of likely N-dealkylation sites (N-methyl/N-ethyl adjacent to an activating group) is 1. The highest BCUT2D eigenvalue weighted by molar-refractivity contribution is 5.76. The summed E-state index contributed by atoms with van der Waals surface area (Å²) in [4.78, 5) is 24.0. The van der Waals surface area contributed by atoms with Crippen LogP contribution in [0.25, 0.3) is 0 Å². The van der Waals surface area contributed by atoms with Crippen LogP contribution in [0.2, 0.25) is 0 Å². The largest absolute Gasteiger partial charge is 0.340 e. The lowest BCUT2D eigenvalue weighted by molar-refractivity contribution is -0.133. The van der Waals surface area contributed by atoms with E-state index in [-0.39, 0.29) is 0 Å². The first kappa shape index (κ1) is 21.6. The first-order chi connectivity index (χ1) is 12.4. The predicted octanol–water partition coefficient (Wildman–Crippen LogP) is 0.887. The van der Waals surface area contributed by atoms with Gasteiger partial charge in [0.1, 0.15) is 0 Å². The standard InChI is InChI=1S/C20H41N5O/c1-18(24-12-7-19(8-13-24)21(2)3)6-10-22(4)11-9-20(26)25-16-14-23(5)15-17-25/h18-19H,6-17H2,1-5H3. The lowest BCUT2D eigenvalue weighted by Crippen LogP contribution is -2.47. The van der Waals surface area contributed by atoms with Crippen LogP contribution in [0.1, 0.15) is 32.6 Å². The third kappa shape index (κ3) is 6.80. The van der Waals surface area contributed by atoms with Crippen LogP contribution in [0.3, 0.4) is 0 Å². The summed E-state index contributed by atoms with van der Waals surface area (Å²) >= 11 is 0. The molecule has 2 heterocycles. The number of amides is 1. The van der Waals surface area contributed by atoms with Crippen molar-refractivity contribution in [2.45, 2.75) is 44.7 Å². The van der Waals surface area contributed by atoms with E-state index < -0.39 is 0 Å². The van der Waals surface area contributed by atoms with Gasteiger partial charge >= 0.3 is 0 Å². The maximum atomic E-state index is 12.3. The van der Waals surface area contributed by atoms with Crippen LogP contribution >= 0.6 is 0 Å². The molecule has 2 aliphatic heterocycles. The van der Waals surface area contributed by atoms with Crippen LogP contribution in [0.15, 0.2) is 0 Å². The molecule has 2 saturated heterocycles. The summed E-state index contributed by atoms with van der Waals surface area (Å²) in [5, 5.41) is 0. The second kappa shape index (κ2) is 10.6. The number of likely N-dealkylation sites (tertiary alicyclic amines) is 1. The molecule has 2 rings (SSSR count). The van der Waals surface area contributed by atoms with E-state index in [1.54, 1.807) is 0 Å². The molecule has 0 saturated carbocycles. The van der Waals surface area contributed by atoms with E-state index >= 15 is 0 Å². The minimum Gasteiger partial charge on any atom is -0.340 e. The number of piperidine rings is 1. The molecule has 0 N–H and O–H groups in total. The maximum Gasteiger partial charge on any atom is 0.223 e. The Morgan fingerprint density at radius 2 is 1.62 bits per heavy atom. The van der Waals surface area contributed by atoms with Crippen LogP contribution in [0, 0.1) is 0 Å². The summed E-state index contributed by atoms with van der Waals surface area (Å²) in [5.41, 5.74) is 0. The van der Waals surface area contributed by atoms with E-state index in [2.05, 4.69) is 54.7 Å². The van der Waals surface area contributed by atoms with Crippen molar-refractivity contribution < 1.29 is 4.79 Å². The van der Waals surface area contributed by atoms with Gasteiger partial charge in [-0.05, 0) is 74.0 Å². The second-order valence-corrected chi connectivity index (χ2v) is 8.61. The van der Waals surface area contributed by atoms with Gasteiger partial charge in [0.25, 0.3) is 0 Å². The first-order valence-corrected chi connectivity index (χ1v) is 10.4. The van der Waals surface area contributed by atoms with Crippen LogP contribution in [0.5, 0.6) is 0 Å². The van der Waals surface area contributed by atoms with Crippen molar-refractivity contribution in [3.8, 4) is 0 Å². The van der Waals surface area contributed by atoms with Crippen LogP contribution in [-0.4, -0.2) is 123 Å². The Morgan fingerprint density at radius 1 is 1.00 bits per heavy atom. The zero-order valence-electron chi connectivity index (χ0n) is 17.8. The number of carbonyl (C=O) groups is 1. The van der Waals surface area contributed by atoms with Gasteiger partial charge in [-0.15, -0.1) is 0 Å². The van der Waals surface area contributed by atoms with Crippen LogP contribution < -0.4 is 0 Å². The van der Waals surface area contributed by atoms with Gasteiger partial charge in [-0.3, -0.25) is 4.79 Å². The molecule has 6 nitrogen and oxygen atoms in total. The first-order valence-electron chi connectivity index (χ1n) is 10.4. The Morgan fingerprint density at radius 3 is 2.19 bits per heavy atom. The van der Waals surface area contributed by atoms with Crippen molar-refractivity contribution in [2.24, 2.45) is 0 Å². The lowest BCUT2D eigenvalue weighted by Gasteiger charge is -2.38. The van der Waals surface area contributed by atoms with E-state index in [4.69, 9.17) is 0 Å². The third-order valence-electron chi connectivity index (χ3n) is 6.34. The lowest BCUT2D eigenvalue weighted by atomic mass is 10.0. The third-order valence-corrected chi connectivity index (χ3v) is 6.34. The Labute approximate surface area is 161 Å². The molecule has 26 heavy (non-hydrogen) atoms. The van der Waals surface area contributed by atoms with Gasteiger partial charge < -0.3 is 24.5 Å². The fraction of sp³-hybridized carbons (Fsp3) is 0.950. The van der Waals surface area contributed by atoms with Gasteiger partial charge in [0.05, 0.1) is 0 Å². The van der Waals surface area contributed by atoms with Gasteiger partial charge in [0, 0.05) is 51.2 Å². The number of hydrogen-bond donors (Lipinski definition) is 0. The number of nitrogens with zero attached hydrogens (tertiary/aromatic N) is 5. The highest BCUT2D eigenvalue weighted by atomic mass is 16.2. The molecular weight excluding hydrogens is 326 g/mol. The highest BCUT2D eigenvalue weighted by Crippen LogP contribution is 2.17. The molecule has 152 valence electrons. The van der Waals surface area contributed by atoms with E-state index in [0.717, 1.165) is 45.3 Å². The number of rotatable bonds is 8. The van der Waals surface area contributed by atoms with Crippen molar-refractivity contribution in [3.05, 3.63) is 0 Å². The van der Waals surface area contributed by atoms with E-state index in [1.165, 1.54) is 32.4 Å². The average molecular weight is 368 g/mol. The Hall–Kier alpha value is -0.690. The van der Waals surface area contributed by atoms with Crippen molar-refractivity contribution in [3.63, 3.8) is 0 Å². The van der Waals surface area contributed by atoms with Gasteiger partial charge in [-0.2, -0.15) is 0 Å². The Bertz CT molecular complexity index is 414. The normalized spacial score (nSPS) is 22.3. The Balaban J connectivity index is 1.59. The Kier molecular flexibility index (Phi) is 8.80. The minimum absolute atomic E-state index is 0.323. The second-order valence-electron chi connectivity index (χ2n) is 8.61. The molecule has 0 aliphatic carbocycles. The average Bonchev–Trinajstić information content (AvgIpc) is 2.64. The van der Waals surface area contributed by atoms with E-state index in [0.29, 0.717) is 18.4 Å². The molecule has 0 aromatic carbocycles. The molecule has 0 aromatic heterocycles. The molecule has 2 aliphatic rings. The maximum absolute atomic E-state index is 12.3. The predicted molar refractivity (Wildman–Crippen MR) is 109 cm³/mol. The van der Waals surface area contributed by atoms with Crippen molar-refractivity contribution >= 4 is 5.91 Å². The molecule has 6 heteroatoms. The molecule has 0 aromatic rings.